The van der Waals surface area contributed by atoms with Gasteiger partial charge in [0.1, 0.15) is 4.32 Å². The van der Waals surface area contributed by atoms with Crippen LogP contribution in [0.4, 0.5) is 11.4 Å². The van der Waals surface area contributed by atoms with Crippen LogP contribution in [0.25, 0.3) is 0 Å². The molecule has 3 rings (SSSR count). The van der Waals surface area contributed by atoms with Crippen LogP contribution in [0.2, 0.25) is 0 Å². The van der Waals surface area contributed by atoms with Gasteiger partial charge in [-0.05, 0) is 36.4 Å². The molecule has 2 aromatic carbocycles. The molecule has 1 fully saturated rings. The number of hydrogen-bond acceptors (Lipinski definition) is 5. The number of thiocarbonyl (C=S) groups is 1. The van der Waals surface area contributed by atoms with Gasteiger partial charge in [0.25, 0.3) is 5.91 Å². The smallest absolute Gasteiger partial charge is 0.269 e. The normalized spacial score (nSPS) is 14.0. The summed E-state index contributed by atoms with van der Waals surface area (Å²) in [5.74, 6) is 0.145. The lowest BCUT2D eigenvalue weighted by Crippen LogP contribution is -2.29. The zero-order valence-electron chi connectivity index (χ0n) is 12.0. The third-order valence-corrected chi connectivity index (χ3v) is 4.59. The van der Waals surface area contributed by atoms with E-state index in [9.17, 15) is 9.59 Å². The third kappa shape index (κ3) is 3.52. The molecule has 0 radical (unpaired) electrons. The number of carbonyl (C=O) groups is 2. The van der Waals surface area contributed by atoms with Crippen molar-refractivity contribution in [2.45, 2.75) is 0 Å². The van der Waals surface area contributed by atoms with Gasteiger partial charge in [0.05, 0.1) is 17.1 Å². The molecule has 2 aromatic rings. The lowest BCUT2D eigenvalue weighted by molar-refractivity contribution is -0.115. The first-order chi connectivity index (χ1) is 11.1. The average molecular weight is 343 g/mol. The van der Waals surface area contributed by atoms with E-state index in [0.717, 1.165) is 5.69 Å². The summed E-state index contributed by atoms with van der Waals surface area (Å²) >= 11 is 6.53. The van der Waals surface area contributed by atoms with Crippen LogP contribution in [0.15, 0.2) is 54.6 Å². The van der Waals surface area contributed by atoms with E-state index in [4.69, 9.17) is 12.2 Å². The van der Waals surface area contributed by atoms with Crippen LogP contribution in [0, 0.1) is 0 Å². The zero-order chi connectivity index (χ0) is 16.2. The van der Waals surface area contributed by atoms with Crippen molar-refractivity contribution in [1.29, 1.82) is 0 Å². The molecule has 23 heavy (non-hydrogen) atoms. The molecule has 0 unspecified atom stereocenters. The van der Waals surface area contributed by atoms with E-state index >= 15 is 0 Å². The van der Waals surface area contributed by atoms with E-state index in [0.29, 0.717) is 21.3 Å². The molecule has 1 aliphatic heterocycles. The molecule has 0 aromatic heterocycles. The van der Waals surface area contributed by atoms with Crippen LogP contribution in [0.1, 0.15) is 10.4 Å². The van der Waals surface area contributed by atoms with Gasteiger partial charge in [-0.2, -0.15) is 0 Å². The van der Waals surface area contributed by atoms with Gasteiger partial charge in [0, 0.05) is 5.56 Å². The second-order valence-corrected chi connectivity index (χ2v) is 6.38. The lowest BCUT2D eigenvalue weighted by atomic mass is 10.2. The molecule has 1 saturated heterocycles. The number of hydrazine groups is 1. The first kappa shape index (κ1) is 15.5. The van der Waals surface area contributed by atoms with Gasteiger partial charge in [0.15, 0.2) is 0 Å². The number of amides is 2. The van der Waals surface area contributed by atoms with Gasteiger partial charge in [0.2, 0.25) is 5.91 Å². The van der Waals surface area contributed by atoms with Crippen LogP contribution in [0.5, 0.6) is 0 Å². The Morgan fingerprint density at radius 2 is 1.78 bits per heavy atom. The number of thioether (sulfide) groups is 1. The predicted octanol–water partition coefficient (Wildman–Crippen LogP) is 2.81. The Hall–Kier alpha value is -2.38. The highest BCUT2D eigenvalue weighted by molar-refractivity contribution is 8.24. The van der Waals surface area contributed by atoms with E-state index in [1.54, 1.807) is 48.5 Å². The monoisotopic (exact) mass is 343 g/mol. The van der Waals surface area contributed by atoms with Crippen molar-refractivity contribution in [1.82, 2.24) is 5.43 Å². The molecule has 0 atom stereocenters. The summed E-state index contributed by atoms with van der Waals surface area (Å²) in [6, 6.07) is 16.1. The van der Waals surface area contributed by atoms with E-state index in [1.165, 1.54) is 16.7 Å². The van der Waals surface area contributed by atoms with Crippen molar-refractivity contribution in [3.63, 3.8) is 0 Å². The Morgan fingerprint density at radius 1 is 1.09 bits per heavy atom. The lowest BCUT2D eigenvalue weighted by Gasteiger charge is -2.15. The number of benzene rings is 2. The Kier molecular flexibility index (Phi) is 4.59. The van der Waals surface area contributed by atoms with Crippen molar-refractivity contribution < 1.29 is 9.59 Å². The number of nitrogens with zero attached hydrogens (tertiary/aromatic N) is 1. The van der Waals surface area contributed by atoms with Gasteiger partial charge in [-0.25, -0.2) is 0 Å². The van der Waals surface area contributed by atoms with E-state index in [2.05, 4.69) is 10.9 Å². The number of nitrogens with one attached hydrogen (secondary N) is 2. The summed E-state index contributed by atoms with van der Waals surface area (Å²) in [5, 5.41) is 0. The first-order valence-corrected chi connectivity index (χ1v) is 8.26. The molecule has 5 nitrogen and oxygen atoms in total. The SMILES string of the molecule is O=C(NNc1ccc(N2C(=O)CSC2=S)cc1)c1ccccc1. The maximum absolute atomic E-state index is 11.9. The molecule has 0 bridgehead atoms. The van der Waals surface area contributed by atoms with Gasteiger partial charge < -0.3 is 0 Å². The van der Waals surface area contributed by atoms with Gasteiger partial charge >= 0.3 is 0 Å². The van der Waals surface area contributed by atoms with Crippen molar-refractivity contribution in [2.75, 3.05) is 16.1 Å². The van der Waals surface area contributed by atoms with Crippen LogP contribution < -0.4 is 15.8 Å². The maximum atomic E-state index is 11.9. The molecule has 116 valence electrons. The third-order valence-electron chi connectivity index (χ3n) is 3.23. The number of rotatable bonds is 4. The fraction of sp³-hybridized carbons (Fsp3) is 0.0625. The van der Waals surface area contributed by atoms with Crippen molar-refractivity contribution in [2.24, 2.45) is 0 Å². The number of anilines is 2. The Labute approximate surface area is 143 Å². The van der Waals surface area contributed by atoms with E-state index < -0.39 is 0 Å². The molecule has 7 heteroatoms. The first-order valence-electron chi connectivity index (χ1n) is 6.86. The minimum Gasteiger partial charge on any atom is -0.298 e. The van der Waals surface area contributed by atoms with Crippen molar-refractivity contribution in [3.05, 3.63) is 60.2 Å². The summed E-state index contributed by atoms with van der Waals surface area (Å²) in [6.07, 6.45) is 0. The van der Waals surface area contributed by atoms with E-state index in [1.807, 2.05) is 6.07 Å². The summed E-state index contributed by atoms with van der Waals surface area (Å²) in [7, 11) is 0. The van der Waals surface area contributed by atoms with Crippen LogP contribution in [-0.2, 0) is 4.79 Å². The van der Waals surface area contributed by atoms with Gasteiger partial charge in [-0.15, -0.1) is 0 Å². The standard InChI is InChI=1S/C16H13N3O2S2/c20-14-10-23-16(22)19(14)13-8-6-12(7-9-13)17-18-15(21)11-4-2-1-3-5-11/h1-9,17H,10H2,(H,18,21). The average Bonchev–Trinajstić information content (AvgIpc) is 2.93. The highest BCUT2D eigenvalue weighted by Crippen LogP contribution is 2.27. The molecule has 0 saturated carbocycles. The minimum absolute atomic E-state index is 0.0157. The quantitative estimate of drug-likeness (QED) is 0.660. The molecule has 2 amide bonds. The highest BCUT2D eigenvalue weighted by atomic mass is 32.2. The van der Waals surface area contributed by atoms with E-state index in [-0.39, 0.29) is 11.8 Å². The topological polar surface area (TPSA) is 61.4 Å². The fourth-order valence-corrected chi connectivity index (χ4v) is 3.18. The maximum Gasteiger partial charge on any atom is 0.269 e. The Balaban J connectivity index is 1.63. The van der Waals surface area contributed by atoms with Crippen molar-refractivity contribution in [3.8, 4) is 0 Å². The molecular formula is C16H13N3O2S2. The summed E-state index contributed by atoms with van der Waals surface area (Å²) in [5.41, 5.74) is 7.47. The van der Waals surface area contributed by atoms with Gasteiger partial charge in [-0.1, -0.05) is 42.2 Å². The highest BCUT2D eigenvalue weighted by Gasteiger charge is 2.27. The van der Waals surface area contributed by atoms with Crippen LogP contribution in [-0.4, -0.2) is 21.9 Å². The zero-order valence-corrected chi connectivity index (χ0v) is 13.6. The molecular weight excluding hydrogens is 330 g/mol. The molecule has 1 aliphatic rings. The van der Waals surface area contributed by atoms with Gasteiger partial charge in [-0.3, -0.25) is 25.3 Å². The number of carbonyl (C=O) groups excluding carboxylic acids is 2. The molecule has 1 heterocycles. The van der Waals surface area contributed by atoms with Crippen LogP contribution in [0.3, 0.4) is 0 Å². The minimum atomic E-state index is -0.220. The summed E-state index contributed by atoms with van der Waals surface area (Å²) in [4.78, 5) is 25.2. The number of hydrogen-bond donors (Lipinski definition) is 2. The largest absolute Gasteiger partial charge is 0.298 e. The second kappa shape index (κ2) is 6.80. The molecule has 0 spiro atoms. The fourth-order valence-electron chi connectivity index (χ4n) is 2.09. The van der Waals surface area contributed by atoms with Crippen LogP contribution >= 0.6 is 24.0 Å². The summed E-state index contributed by atoms with van der Waals surface area (Å²) in [6.45, 7) is 0. The molecule has 0 aliphatic carbocycles. The Bertz CT molecular complexity index is 732. The Morgan fingerprint density at radius 3 is 2.39 bits per heavy atom. The molecule has 2 N–H and O–H groups in total. The van der Waals surface area contributed by atoms with Crippen molar-refractivity contribution >= 4 is 51.5 Å². The predicted molar refractivity (Wildman–Crippen MR) is 96.5 cm³/mol. The summed E-state index contributed by atoms with van der Waals surface area (Å²) < 4.78 is 0.563. The second-order valence-electron chi connectivity index (χ2n) is 4.78.